The van der Waals surface area contributed by atoms with Gasteiger partial charge >= 0.3 is 17.9 Å². The molecule has 19 heavy (non-hydrogen) atoms. The molecule has 7 heteroatoms. The predicted octanol–water partition coefficient (Wildman–Crippen LogP) is 0.673. The van der Waals surface area contributed by atoms with Gasteiger partial charge in [0.1, 0.15) is 12.4 Å². The van der Waals surface area contributed by atoms with Gasteiger partial charge in [0.25, 0.3) is 0 Å². The van der Waals surface area contributed by atoms with Crippen LogP contribution >= 0.6 is 0 Å². The van der Waals surface area contributed by atoms with Gasteiger partial charge < -0.3 is 18.9 Å². The van der Waals surface area contributed by atoms with E-state index in [2.05, 4.69) is 0 Å². The van der Waals surface area contributed by atoms with Crippen molar-refractivity contribution < 1.29 is 33.3 Å². The third-order valence-electron chi connectivity index (χ3n) is 2.30. The molecule has 0 saturated carbocycles. The topological polar surface area (TPSA) is 88.1 Å². The van der Waals surface area contributed by atoms with E-state index in [9.17, 15) is 14.4 Å². The SMILES string of the molecule is CC(=O)OC1=CO[C@@H](C)[C@@H](OC(C)=O)[C@H]1OC(C)=O. The van der Waals surface area contributed by atoms with Gasteiger partial charge in [0.05, 0.1) is 0 Å². The van der Waals surface area contributed by atoms with Gasteiger partial charge in [0, 0.05) is 20.8 Å². The fourth-order valence-corrected chi connectivity index (χ4v) is 1.63. The van der Waals surface area contributed by atoms with Crippen LogP contribution in [0.2, 0.25) is 0 Å². The van der Waals surface area contributed by atoms with Crippen LogP contribution in [0.4, 0.5) is 0 Å². The van der Waals surface area contributed by atoms with Crippen molar-refractivity contribution in [2.45, 2.75) is 46.0 Å². The molecule has 3 atom stereocenters. The quantitative estimate of drug-likeness (QED) is 0.551. The van der Waals surface area contributed by atoms with Gasteiger partial charge in [-0.15, -0.1) is 0 Å². The van der Waals surface area contributed by atoms with Gasteiger partial charge in [-0.25, -0.2) is 0 Å². The molecule has 0 amide bonds. The minimum atomic E-state index is -1.01. The Morgan fingerprint density at radius 3 is 2.11 bits per heavy atom. The lowest BCUT2D eigenvalue weighted by atomic mass is 10.1. The summed E-state index contributed by atoms with van der Waals surface area (Å²) < 4.78 is 20.2. The van der Waals surface area contributed by atoms with Crippen molar-refractivity contribution in [2.75, 3.05) is 0 Å². The highest BCUT2D eigenvalue weighted by Crippen LogP contribution is 2.25. The van der Waals surface area contributed by atoms with E-state index >= 15 is 0 Å². The summed E-state index contributed by atoms with van der Waals surface area (Å²) in [4.78, 5) is 33.2. The summed E-state index contributed by atoms with van der Waals surface area (Å²) in [5.74, 6) is -1.74. The highest BCUT2D eigenvalue weighted by Gasteiger charge is 2.41. The number of hydrogen-bond acceptors (Lipinski definition) is 7. The lowest BCUT2D eigenvalue weighted by Crippen LogP contribution is -2.47. The molecule has 7 nitrogen and oxygen atoms in total. The smallest absolute Gasteiger partial charge is 0.307 e. The fourth-order valence-electron chi connectivity index (χ4n) is 1.63. The van der Waals surface area contributed by atoms with E-state index in [0.29, 0.717) is 0 Å². The van der Waals surface area contributed by atoms with Gasteiger partial charge in [-0.2, -0.15) is 0 Å². The number of hydrogen-bond donors (Lipinski definition) is 0. The van der Waals surface area contributed by atoms with E-state index in [1.165, 1.54) is 27.0 Å². The Bertz CT molecular complexity index is 412. The Labute approximate surface area is 110 Å². The molecule has 1 heterocycles. The molecule has 0 aliphatic carbocycles. The third-order valence-corrected chi connectivity index (χ3v) is 2.30. The summed E-state index contributed by atoms with van der Waals surface area (Å²) in [5.41, 5.74) is 0. The highest BCUT2D eigenvalue weighted by atomic mass is 16.6. The second kappa shape index (κ2) is 6.21. The zero-order valence-corrected chi connectivity index (χ0v) is 11.2. The normalized spacial score (nSPS) is 25.7. The monoisotopic (exact) mass is 272 g/mol. The van der Waals surface area contributed by atoms with E-state index in [1.54, 1.807) is 6.92 Å². The number of carbonyl (C=O) groups is 3. The van der Waals surface area contributed by atoms with Crippen molar-refractivity contribution in [2.24, 2.45) is 0 Å². The van der Waals surface area contributed by atoms with Crippen LogP contribution in [0.3, 0.4) is 0 Å². The van der Waals surface area contributed by atoms with Crippen LogP contribution in [0.5, 0.6) is 0 Å². The van der Waals surface area contributed by atoms with Gasteiger partial charge in [0.15, 0.2) is 11.9 Å². The maximum atomic E-state index is 11.1. The van der Waals surface area contributed by atoms with Crippen molar-refractivity contribution in [3.05, 3.63) is 12.0 Å². The third kappa shape index (κ3) is 4.27. The highest BCUT2D eigenvalue weighted by molar-refractivity contribution is 5.69. The average molecular weight is 272 g/mol. The molecular weight excluding hydrogens is 256 g/mol. The minimum absolute atomic E-state index is 0.00736. The zero-order valence-electron chi connectivity index (χ0n) is 11.2. The molecule has 0 aromatic rings. The number of esters is 3. The lowest BCUT2D eigenvalue weighted by Gasteiger charge is -2.34. The second-order valence-corrected chi connectivity index (χ2v) is 4.06. The van der Waals surface area contributed by atoms with Crippen LogP contribution in [-0.2, 0) is 33.3 Å². The van der Waals surface area contributed by atoms with Crippen molar-refractivity contribution >= 4 is 17.9 Å². The molecule has 0 N–H and O–H groups in total. The Hall–Kier alpha value is -2.05. The predicted molar refractivity (Wildman–Crippen MR) is 61.5 cm³/mol. The van der Waals surface area contributed by atoms with E-state index in [1.807, 2.05) is 0 Å². The number of rotatable bonds is 3. The number of ether oxygens (including phenoxy) is 4. The van der Waals surface area contributed by atoms with E-state index < -0.39 is 36.2 Å². The number of carbonyl (C=O) groups excluding carboxylic acids is 3. The first kappa shape index (κ1) is 15.0. The van der Waals surface area contributed by atoms with Crippen LogP contribution in [0.15, 0.2) is 12.0 Å². The largest absolute Gasteiger partial charge is 0.491 e. The molecule has 1 rings (SSSR count). The first-order valence-corrected chi connectivity index (χ1v) is 5.69. The molecule has 0 fully saturated rings. The average Bonchev–Trinajstić information content (AvgIpc) is 2.25. The van der Waals surface area contributed by atoms with Gasteiger partial charge in [-0.1, -0.05) is 0 Å². The molecule has 0 saturated heterocycles. The summed E-state index contributed by atoms with van der Waals surface area (Å²) in [6, 6.07) is 0. The second-order valence-electron chi connectivity index (χ2n) is 4.06. The van der Waals surface area contributed by atoms with E-state index in [0.717, 1.165) is 0 Å². The fraction of sp³-hybridized carbons (Fsp3) is 0.583. The molecule has 0 bridgehead atoms. The Kier molecular flexibility index (Phi) is 4.91. The lowest BCUT2D eigenvalue weighted by molar-refractivity contribution is -0.180. The Morgan fingerprint density at radius 1 is 1.05 bits per heavy atom. The summed E-state index contributed by atoms with van der Waals surface area (Å²) in [6.45, 7) is 5.27. The minimum Gasteiger partial charge on any atom is -0.491 e. The zero-order chi connectivity index (χ0) is 14.6. The molecule has 0 spiro atoms. The maximum absolute atomic E-state index is 11.1. The van der Waals surface area contributed by atoms with Crippen molar-refractivity contribution in [1.29, 1.82) is 0 Å². The van der Waals surface area contributed by atoms with Crippen LogP contribution in [0.25, 0.3) is 0 Å². The molecule has 106 valence electrons. The van der Waals surface area contributed by atoms with Crippen LogP contribution in [-0.4, -0.2) is 36.2 Å². The summed E-state index contributed by atoms with van der Waals surface area (Å²) >= 11 is 0. The molecule has 0 aromatic heterocycles. The molecule has 0 unspecified atom stereocenters. The van der Waals surface area contributed by atoms with Crippen molar-refractivity contribution in [3.63, 3.8) is 0 Å². The van der Waals surface area contributed by atoms with Gasteiger partial charge in [-0.3, -0.25) is 14.4 Å². The Morgan fingerprint density at radius 2 is 1.63 bits per heavy atom. The molecule has 0 radical (unpaired) electrons. The summed E-state index contributed by atoms with van der Waals surface area (Å²) in [5, 5.41) is 0. The van der Waals surface area contributed by atoms with Crippen molar-refractivity contribution in [3.8, 4) is 0 Å². The van der Waals surface area contributed by atoms with Crippen LogP contribution in [0.1, 0.15) is 27.7 Å². The van der Waals surface area contributed by atoms with E-state index in [-0.39, 0.29) is 5.76 Å². The van der Waals surface area contributed by atoms with Crippen molar-refractivity contribution in [1.82, 2.24) is 0 Å². The molecule has 0 aromatic carbocycles. The molecule has 1 aliphatic heterocycles. The molecular formula is C12H16O7. The van der Waals surface area contributed by atoms with Gasteiger partial charge in [-0.05, 0) is 6.92 Å². The summed E-state index contributed by atoms with van der Waals surface area (Å²) in [7, 11) is 0. The van der Waals surface area contributed by atoms with Crippen LogP contribution in [0, 0.1) is 0 Å². The Balaban J connectivity index is 2.99. The maximum Gasteiger partial charge on any atom is 0.307 e. The van der Waals surface area contributed by atoms with Gasteiger partial charge in [0.2, 0.25) is 6.10 Å². The summed E-state index contributed by atoms with van der Waals surface area (Å²) in [6.07, 6.45) is -1.23. The molecule has 1 aliphatic rings. The first-order chi connectivity index (χ1) is 8.81. The first-order valence-electron chi connectivity index (χ1n) is 5.69. The van der Waals surface area contributed by atoms with Crippen LogP contribution < -0.4 is 0 Å². The van der Waals surface area contributed by atoms with E-state index in [4.69, 9.17) is 18.9 Å². The standard InChI is InChI=1S/C12H16O7/c1-6-11(18-8(3)14)12(19-9(4)15)10(5-16-6)17-7(2)13/h5-6,11-12H,1-4H3/t6-,11+,12-/m0/s1.